The van der Waals surface area contributed by atoms with Crippen molar-refractivity contribution in [3.8, 4) is 0 Å². The quantitative estimate of drug-likeness (QED) is 0.0261. The predicted molar refractivity (Wildman–Crippen MR) is 362 cm³/mol. The van der Waals surface area contributed by atoms with Gasteiger partial charge in [0.2, 0.25) is 0 Å². The third-order valence-electron chi connectivity index (χ3n) is 15.3. The molecule has 0 spiro atoms. The highest BCUT2D eigenvalue weighted by Crippen LogP contribution is 2.17. The van der Waals surface area contributed by atoms with Crippen LogP contribution in [0.1, 0.15) is 342 Å². The van der Waals surface area contributed by atoms with Crippen molar-refractivity contribution in [3.05, 3.63) is 109 Å². The third kappa shape index (κ3) is 68.7. The summed E-state index contributed by atoms with van der Waals surface area (Å²) in [5, 5.41) is 0. The van der Waals surface area contributed by atoms with Crippen molar-refractivity contribution in [2.24, 2.45) is 0 Å². The molecule has 0 rings (SSSR count). The highest BCUT2D eigenvalue weighted by atomic mass is 16.6. The molecule has 0 bridgehead atoms. The number of esters is 3. The Bertz CT molecular complexity index is 1660. The first-order chi connectivity index (χ1) is 41.0. The van der Waals surface area contributed by atoms with Gasteiger partial charge in [0.25, 0.3) is 0 Å². The summed E-state index contributed by atoms with van der Waals surface area (Å²) in [5.74, 6) is -0.876. The van der Waals surface area contributed by atoms with E-state index in [4.69, 9.17) is 14.2 Å². The van der Waals surface area contributed by atoms with Gasteiger partial charge in [-0.1, -0.05) is 323 Å². The normalized spacial score (nSPS) is 12.8. The lowest BCUT2D eigenvalue weighted by Gasteiger charge is -2.18. The lowest BCUT2D eigenvalue weighted by atomic mass is 10.0. The van der Waals surface area contributed by atoms with Crippen molar-refractivity contribution >= 4 is 17.9 Å². The molecule has 0 heterocycles. The van der Waals surface area contributed by atoms with Crippen LogP contribution in [0.2, 0.25) is 0 Å². The van der Waals surface area contributed by atoms with Crippen LogP contribution < -0.4 is 0 Å². The molecule has 0 aliphatic rings. The van der Waals surface area contributed by atoms with Crippen LogP contribution in [0, 0.1) is 0 Å². The zero-order valence-electron chi connectivity index (χ0n) is 54.7. The summed E-state index contributed by atoms with van der Waals surface area (Å²) >= 11 is 0. The number of hydrogen-bond donors (Lipinski definition) is 0. The molecular weight excluding hydrogens is 1020 g/mol. The highest BCUT2D eigenvalue weighted by molar-refractivity contribution is 5.71. The fraction of sp³-hybridized carbons (Fsp3) is 0.727. The Balaban J connectivity index is 4.23. The van der Waals surface area contributed by atoms with Gasteiger partial charge < -0.3 is 14.2 Å². The maximum Gasteiger partial charge on any atom is 0.306 e. The van der Waals surface area contributed by atoms with Crippen LogP contribution in [0.25, 0.3) is 0 Å². The Morgan fingerprint density at radius 3 is 0.747 bits per heavy atom. The molecule has 0 aliphatic heterocycles. The average Bonchev–Trinajstić information content (AvgIpc) is 3.49. The van der Waals surface area contributed by atoms with Crippen molar-refractivity contribution in [2.75, 3.05) is 13.2 Å². The van der Waals surface area contributed by atoms with Gasteiger partial charge in [0.05, 0.1) is 0 Å². The second-order valence-electron chi connectivity index (χ2n) is 23.4. The fourth-order valence-electron chi connectivity index (χ4n) is 9.99. The molecule has 0 aliphatic carbocycles. The lowest BCUT2D eigenvalue weighted by molar-refractivity contribution is -0.167. The van der Waals surface area contributed by atoms with Crippen LogP contribution in [-0.2, 0) is 28.6 Å². The van der Waals surface area contributed by atoms with Gasteiger partial charge in [-0.2, -0.15) is 0 Å². The molecule has 0 amide bonds. The number of carbonyl (C=O) groups excluding carboxylic acids is 3. The van der Waals surface area contributed by atoms with E-state index in [1.165, 1.54) is 180 Å². The van der Waals surface area contributed by atoms with Gasteiger partial charge in [-0.05, 0) is 109 Å². The summed E-state index contributed by atoms with van der Waals surface area (Å²) in [4.78, 5) is 38.4. The highest BCUT2D eigenvalue weighted by Gasteiger charge is 2.19. The van der Waals surface area contributed by atoms with Gasteiger partial charge in [0.15, 0.2) is 6.10 Å². The van der Waals surface area contributed by atoms with E-state index < -0.39 is 6.10 Å². The van der Waals surface area contributed by atoms with Gasteiger partial charge >= 0.3 is 17.9 Å². The number of ether oxygens (including phenoxy) is 3. The van der Waals surface area contributed by atoms with Crippen molar-refractivity contribution in [1.29, 1.82) is 0 Å². The summed E-state index contributed by atoms with van der Waals surface area (Å²) < 4.78 is 17.0. The molecule has 6 heteroatoms. The number of rotatable bonds is 64. The van der Waals surface area contributed by atoms with E-state index >= 15 is 0 Å². The summed E-state index contributed by atoms with van der Waals surface area (Å²) in [6.07, 6.45) is 96.8. The molecule has 0 aromatic carbocycles. The predicted octanol–water partition coefficient (Wildman–Crippen LogP) is 24.6. The number of unbranched alkanes of at least 4 members (excludes halogenated alkanes) is 35. The van der Waals surface area contributed by atoms with Crippen molar-refractivity contribution in [2.45, 2.75) is 348 Å². The summed E-state index contributed by atoms with van der Waals surface area (Å²) in [6, 6.07) is 0. The number of carbonyl (C=O) groups is 3. The molecule has 0 radical (unpaired) electrons. The first-order valence-electron chi connectivity index (χ1n) is 35.4. The zero-order chi connectivity index (χ0) is 59.9. The van der Waals surface area contributed by atoms with Gasteiger partial charge in [-0.25, -0.2) is 0 Å². The third-order valence-corrected chi connectivity index (χ3v) is 15.3. The second-order valence-corrected chi connectivity index (χ2v) is 23.4. The van der Waals surface area contributed by atoms with E-state index in [0.29, 0.717) is 19.3 Å². The molecule has 0 aromatic rings. The van der Waals surface area contributed by atoms with Gasteiger partial charge in [-0.3, -0.25) is 14.4 Å². The first kappa shape index (κ1) is 79.1. The van der Waals surface area contributed by atoms with Gasteiger partial charge in [-0.15, -0.1) is 0 Å². The molecule has 0 saturated heterocycles. The maximum absolute atomic E-state index is 12.9. The van der Waals surface area contributed by atoms with E-state index in [0.717, 1.165) is 122 Å². The summed E-state index contributed by atoms with van der Waals surface area (Å²) in [7, 11) is 0. The number of hydrogen-bond acceptors (Lipinski definition) is 6. The monoisotopic (exact) mass is 1150 g/mol. The van der Waals surface area contributed by atoms with Crippen LogP contribution in [0.4, 0.5) is 0 Å². The van der Waals surface area contributed by atoms with Crippen molar-refractivity contribution < 1.29 is 28.6 Å². The molecule has 1 atom stereocenters. The van der Waals surface area contributed by atoms with Gasteiger partial charge in [0, 0.05) is 19.3 Å². The lowest BCUT2D eigenvalue weighted by Crippen LogP contribution is -2.30. The fourth-order valence-corrected chi connectivity index (χ4v) is 9.99. The smallest absolute Gasteiger partial charge is 0.306 e. The topological polar surface area (TPSA) is 78.9 Å². The van der Waals surface area contributed by atoms with E-state index in [2.05, 4.69) is 130 Å². The van der Waals surface area contributed by atoms with Crippen LogP contribution >= 0.6 is 0 Å². The largest absolute Gasteiger partial charge is 0.462 e. The minimum absolute atomic E-state index is 0.0783. The van der Waals surface area contributed by atoms with Gasteiger partial charge in [0.1, 0.15) is 13.2 Å². The standard InChI is InChI=1S/C77H132O6/c1-4-7-10-13-16-19-22-25-28-30-31-32-33-34-35-36-37-38-39-40-41-42-43-44-45-46-47-48-50-52-55-58-61-64-67-70-76(79)82-73-74(72-81-75(78)69-66-63-60-57-54-51-27-24-21-18-15-12-9-6-3)83-77(80)71-68-65-62-59-56-53-49-29-26-23-20-17-14-11-8-5-2/h7,10,16,19,25,28-29,31-32,34-35,37-38,40-41,43-44,49,74H,4-6,8-9,11-15,17-18,20-24,26-27,30,33,36,39,42,45-48,50-73H2,1-3H3/b10-7-,19-16-,28-25-,32-31-,35-34-,38-37-,41-40-,44-43-,49-29-. The number of allylic oxidation sites excluding steroid dienone is 18. The molecule has 0 fully saturated rings. The average molecular weight is 1150 g/mol. The minimum atomic E-state index is -0.783. The molecule has 476 valence electrons. The Morgan fingerprint density at radius 1 is 0.253 bits per heavy atom. The molecule has 83 heavy (non-hydrogen) atoms. The Labute approximate surface area is 514 Å². The first-order valence-corrected chi connectivity index (χ1v) is 35.4. The molecular formula is C77H132O6. The zero-order valence-corrected chi connectivity index (χ0v) is 54.7. The molecule has 0 N–H and O–H groups in total. The molecule has 6 nitrogen and oxygen atoms in total. The maximum atomic E-state index is 12.9. The molecule has 0 saturated carbocycles. The minimum Gasteiger partial charge on any atom is -0.462 e. The van der Waals surface area contributed by atoms with Crippen molar-refractivity contribution in [1.82, 2.24) is 0 Å². The summed E-state index contributed by atoms with van der Waals surface area (Å²) in [6.45, 7) is 6.55. The second kappa shape index (κ2) is 70.6. The van der Waals surface area contributed by atoms with Crippen LogP contribution in [0.3, 0.4) is 0 Å². The molecule has 1 unspecified atom stereocenters. The van der Waals surface area contributed by atoms with Crippen LogP contribution in [0.5, 0.6) is 0 Å². The molecule has 0 aromatic heterocycles. The van der Waals surface area contributed by atoms with Crippen LogP contribution in [0.15, 0.2) is 109 Å². The SMILES string of the molecule is CC/C=C\C/C=C\C/C=C\C/C=C\C/C=C\C/C=C\C/C=C\C/C=C\CCCCCCCCCCCCC(=O)OCC(COC(=O)CCCCCCCCCCCCCCCC)OC(=O)CCCCCCC/C=C\CCCCCCCCC. The van der Waals surface area contributed by atoms with Crippen LogP contribution in [-0.4, -0.2) is 37.2 Å². The van der Waals surface area contributed by atoms with E-state index in [1.807, 2.05) is 0 Å². The Hall–Kier alpha value is -3.93. The Morgan fingerprint density at radius 2 is 0.470 bits per heavy atom. The summed E-state index contributed by atoms with van der Waals surface area (Å²) in [5.41, 5.74) is 0. The van der Waals surface area contributed by atoms with E-state index in [1.54, 1.807) is 0 Å². The van der Waals surface area contributed by atoms with E-state index in [9.17, 15) is 14.4 Å². The van der Waals surface area contributed by atoms with Crippen molar-refractivity contribution in [3.63, 3.8) is 0 Å². The Kier molecular flexibility index (Phi) is 67.2. The van der Waals surface area contributed by atoms with E-state index in [-0.39, 0.29) is 31.1 Å².